The largest absolute Gasteiger partial charge is 0.480 e. The van der Waals surface area contributed by atoms with Gasteiger partial charge in [0.2, 0.25) is 5.91 Å². The van der Waals surface area contributed by atoms with Crippen molar-refractivity contribution in [1.82, 2.24) is 10.2 Å². The highest BCUT2D eigenvalue weighted by atomic mass is 32.1. The number of carboxylic acid groups (broad SMARTS) is 1. The van der Waals surface area contributed by atoms with E-state index in [0.717, 1.165) is 20.2 Å². The van der Waals surface area contributed by atoms with Gasteiger partial charge in [-0.2, -0.15) is 0 Å². The van der Waals surface area contributed by atoms with Crippen molar-refractivity contribution < 1.29 is 29.0 Å². The van der Waals surface area contributed by atoms with Crippen molar-refractivity contribution in [2.75, 3.05) is 26.3 Å². The van der Waals surface area contributed by atoms with Crippen LogP contribution in [0.15, 0.2) is 42.5 Å². The second-order valence-electron chi connectivity index (χ2n) is 7.68. The number of hydrogen-bond donors (Lipinski definition) is 2. The number of thiophene rings is 1. The molecule has 160 valence electrons. The number of benzene rings is 2. The highest BCUT2D eigenvalue weighted by Gasteiger charge is 2.52. The van der Waals surface area contributed by atoms with Gasteiger partial charge in [0, 0.05) is 32.2 Å². The highest BCUT2D eigenvalue weighted by Crippen LogP contribution is 2.35. The Bertz CT molecular complexity index is 1200. The van der Waals surface area contributed by atoms with Crippen molar-refractivity contribution >= 4 is 49.3 Å². The molecule has 0 radical (unpaired) electrons. The molecule has 2 amide bonds. The molecule has 31 heavy (non-hydrogen) atoms. The molecule has 8 nitrogen and oxygen atoms in total. The number of carboxylic acids is 1. The summed E-state index contributed by atoms with van der Waals surface area (Å²) in [5.74, 6) is -3.06. The van der Waals surface area contributed by atoms with Gasteiger partial charge in [0.1, 0.15) is 6.04 Å². The van der Waals surface area contributed by atoms with E-state index in [2.05, 4.69) is 5.32 Å². The quantitative estimate of drug-likeness (QED) is 0.645. The second kappa shape index (κ2) is 7.60. The number of amides is 2. The Morgan fingerprint density at radius 3 is 2.61 bits per heavy atom. The number of carbonyl (C=O) groups is 3. The van der Waals surface area contributed by atoms with Crippen LogP contribution in [0.5, 0.6) is 0 Å². The van der Waals surface area contributed by atoms with Gasteiger partial charge >= 0.3 is 5.97 Å². The first-order valence-corrected chi connectivity index (χ1v) is 10.8. The molecule has 5 rings (SSSR count). The molecule has 1 spiro atoms. The Labute approximate surface area is 181 Å². The van der Waals surface area contributed by atoms with E-state index in [0.29, 0.717) is 18.8 Å². The molecule has 0 saturated carbocycles. The zero-order valence-electron chi connectivity index (χ0n) is 16.5. The lowest BCUT2D eigenvalue weighted by molar-refractivity contribution is -0.152. The molecular formula is C22H20N2O6S. The molecule has 3 heterocycles. The molecule has 2 aliphatic rings. The van der Waals surface area contributed by atoms with E-state index < -0.39 is 23.7 Å². The Morgan fingerprint density at radius 2 is 1.84 bits per heavy atom. The number of nitrogens with zero attached hydrogens (tertiary/aromatic N) is 1. The Morgan fingerprint density at radius 1 is 1.10 bits per heavy atom. The van der Waals surface area contributed by atoms with Gasteiger partial charge in [-0.1, -0.05) is 18.2 Å². The SMILES string of the molecule is O=C(NCC(=O)N1CC2(C[C@H]1C(=O)O)OCCO2)c1ccc2sc3ccccc3c2c1. The van der Waals surface area contributed by atoms with E-state index in [1.807, 2.05) is 36.4 Å². The number of nitrogens with one attached hydrogen (secondary N) is 1. The summed E-state index contributed by atoms with van der Waals surface area (Å²) >= 11 is 1.66. The van der Waals surface area contributed by atoms with Crippen LogP contribution in [0.25, 0.3) is 20.2 Å². The molecule has 1 aromatic heterocycles. The van der Waals surface area contributed by atoms with E-state index in [4.69, 9.17) is 9.47 Å². The van der Waals surface area contributed by atoms with Crippen molar-refractivity contribution in [1.29, 1.82) is 0 Å². The van der Waals surface area contributed by atoms with Gasteiger partial charge in [-0.3, -0.25) is 9.59 Å². The molecule has 2 aliphatic heterocycles. The fourth-order valence-electron chi connectivity index (χ4n) is 4.25. The number of hydrogen-bond acceptors (Lipinski definition) is 6. The minimum Gasteiger partial charge on any atom is -0.480 e. The zero-order chi connectivity index (χ0) is 21.6. The smallest absolute Gasteiger partial charge is 0.326 e. The number of fused-ring (bicyclic) bond motifs is 3. The van der Waals surface area contributed by atoms with Gasteiger partial charge < -0.3 is 24.8 Å². The van der Waals surface area contributed by atoms with Crippen LogP contribution < -0.4 is 5.32 Å². The number of aliphatic carboxylic acids is 1. The van der Waals surface area contributed by atoms with Crippen LogP contribution in [-0.4, -0.2) is 65.9 Å². The molecular weight excluding hydrogens is 420 g/mol. The molecule has 9 heteroatoms. The van der Waals surface area contributed by atoms with Gasteiger partial charge in [0.25, 0.3) is 5.91 Å². The standard InChI is InChI=1S/C22H20N2O6S/c25-19(24-12-22(29-7-8-30-22)10-16(24)21(27)28)11-23-20(26)13-5-6-18-15(9-13)14-3-1-2-4-17(14)31-18/h1-6,9,16H,7-8,10-12H2,(H,23,26)(H,27,28)/t16-/m0/s1. The Hall–Kier alpha value is -3.01. The summed E-state index contributed by atoms with van der Waals surface area (Å²) < 4.78 is 13.3. The van der Waals surface area contributed by atoms with Gasteiger partial charge in [-0.05, 0) is 24.3 Å². The van der Waals surface area contributed by atoms with Gasteiger partial charge in [-0.15, -0.1) is 11.3 Å². The number of ether oxygens (including phenoxy) is 2. The summed E-state index contributed by atoms with van der Waals surface area (Å²) in [6.45, 7) is 0.461. The normalized spacial score (nSPS) is 20.0. The van der Waals surface area contributed by atoms with Gasteiger partial charge in [-0.25, -0.2) is 4.79 Å². The van der Waals surface area contributed by atoms with Crippen molar-refractivity contribution in [3.05, 3.63) is 48.0 Å². The lowest BCUT2D eigenvalue weighted by Gasteiger charge is -2.23. The average Bonchev–Trinajstić information content (AvgIpc) is 3.48. The molecule has 2 aromatic carbocycles. The maximum Gasteiger partial charge on any atom is 0.326 e. The third-order valence-electron chi connectivity index (χ3n) is 5.75. The van der Waals surface area contributed by atoms with Crippen LogP contribution in [0, 0.1) is 0 Å². The van der Waals surface area contributed by atoms with Crippen LogP contribution in [0.1, 0.15) is 16.8 Å². The van der Waals surface area contributed by atoms with Crippen LogP contribution in [0.4, 0.5) is 0 Å². The van der Waals surface area contributed by atoms with E-state index >= 15 is 0 Å². The first-order valence-electron chi connectivity index (χ1n) is 9.95. The highest BCUT2D eigenvalue weighted by molar-refractivity contribution is 7.25. The average molecular weight is 440 g/mol. The van der Waals surface area contributed by atoms with Crippen LogP contribution in [0.2, 0.25) is 0 Å². The molecule has 2 saturated heterocycles. The van der Waals surface area contributed by atoms with Gasteiger partial charge in [0.05, 0.1) is 26.3 Å². The van der Waals surface area contributed by atoms with E-state index in [1.54, 1.807) is 17.4 Å². The minimum atomic E-state index is -1.12. The summed E-state index contributed by atoms with van der Waals surface area (Å²) in [5.41, 5.74) is 0.444. The van der Waals surface area contributed by atoms with Crippen molar-refractivity contribution in [2.45, 2.75) is 18.2 Å². The Balaban J connectivity index is 1.30. The van der Waals surface area contributed by atoms with Crippen molar-refractivity contribution in [3.8, 4) is 0 Å². The van der Waals surface area contributed by atoms with Crippen molar-refractivity contribution in [3.63, 3.8) is 0 Å². The predicted molar refractivity (Wildman–Crippen MR) is 114 cm³/mol. The lowest BCUT2D eigenvalue weighted by atomic mass is 10.1. The molecule has 2 fully saturated rings. The maximum atomic E-state index is 12.7. The topological polar surface area (TPSA) is 105 Å². The summed E-state index contributed by atoms with van der Waals surface area (Å²) in [6, 6.07) is 12.4. The van der Waals surface area contributed by atoms with Crippen LogP contribution in [0.3, 0.4) is 0 Å². The third kappa shape index (κ3) is 3.54. The lowest BCUT2D eigenvalue weighted by Crippen LogP contribution is -2.46. The fraction of sp³-hybridized carbons (Fsp3) is 0.318. The summed E-state index contributed by atoms with van der Waals surface area (Å²) in [5, 5.41) is 14.2. The second-order valence-corrected chi connectivity index (χ2v) is 8.76. The Kier molecular flexibility index (Phi) is 4.88. The summed E-state index contributed by atoms with van der Waals surface area (Å²) in [4.78, 5) is 38.2. The molecule has 0 unspecified atom stereocenters. The first-order chi connectivity index (χ1) is 15.0. The summed E-state index contributed by atoms with van der Waals surface area (Å²) in [6.07, 6.45) is 0.0733. The molecule has 1 atom stereocenters. The van der Waals surface area contributed by atoms with Crippen LogP contribution >= 0.6 is 11.3 Å². The summed E-state index contributed by atoms with van der Waals surface area (Å²) in [7, 11) is 0. The third-order valence-corrected chi connectivity index (χ3v) is 6.90. The monoisotopic (exact) mass is 440 g/mol. The minimum absolute atomic E-state index is 0.0333. The van der Waals surface area contributed by atoms with E-state index in [1.165, 1.54) is 4.90 Å². The number of carbonyl (C=O) groups excluding carboxylic acids is 2. The fourth-order valence-corrected chi connectivity index (χ4v) is 5.34. The van der Waals surface area contributed by atoms with Crippen molar-refractivity contribution in [2.24, 2.45) is 0 Å². The van der Waals surface area contributed by atoms with E-state index in [9.17, 15) is 19.5 Å². The van der Waals surface area contributed by atoms with Gasteiger partial charge in [0.15, 0.2) is 5.79 Å². The van der Waals surface area contributed by atoms with E-state index in [-0.39, 0.29) is 25.4 Å². The zero-order valence-corrected chi connectivity index (χ0v) is 17.3. The molecule has 2 N–H and O–H groups in total. The van der Waals surface area contributed by atoms with Crippen LogP contribution in [-0.2, 0) is 19.1 Å². The molecule has 0 bridgehead atoms. The first kappa shape index (κ1) is 19.9. The maximum absolute atomic E-state index is 12.7. The molecule has 0 aliphatic carbocycles. The number of rotatable bonds is 4. The number of likely N-dealkylation sites (tertiary alicyclic amines) is 1. The molecule has 3 aromatic rings. The predicted octanol–water partition coefficient (Wildman–Crippen LogP) is 2.21.